The molecule has 6 rings (SSSR count). The van der Waals surface area contributed by atoms with Crippen LogP contribution in [0.15, 0.2) is 99.9 Å². The third-order valence-corrected chi connectivity index (χ3v) is 8.39. The Morgan fingerprint density at radius 2 is 1.67 bits per heavy atom. The van der Waals surface area contributed by atoms with Gasteiger partial charge in [0.15, 0.2) is 16.1 Å². The molecule has 0 unspecified atom stereocenters. The monoisotopic (exact) mass is 612 g/mol. The lowest BCUT2D eigenvalue weighted by atomic mass is 10.0. The molecule has 1 amide bonds. The maximum atomic E-state index is 12.7. The highest BCUT2D eigenvalue weighted by Gasteiger charge is 2.17. The van der Waals surface area contributed by atoms with E-state index in [0.717, 1.165) is 43.5 Å². The summed E-state index contributed by atoms with van der Waals surface area (Å²) in [5, 5.41) is 15.9. The number of nitrogens with one attached hydrogen (secondary N) is 1. The minimum absolute atomic E-state index is 0.151. The second-order valence-corrected chi connectivity index (χ2v) is 11.4. The van der Waals surface area contributed by atoms with E-state index in [4.69, 9.17) is 4.98 Å². The topological polar surface area (TPSA) is 85.6 Å². The van der Waals surface area contributed by atoms with Crippen molar-refractivity contribution in [3.05, 3.63) is 94.8 Å². The minimum Gasteiger partial charge on any atom is -0.305 e. The summed E-state index contributed by atoms with van der Waals surface area (Å²) in [5.41, 5.74) is 5.54. The molecule has 0 fully saturated rings. The van der Waals surface area contributed by atoms with Gasteiger partial charge in [-0.05, 0) is 24.3 Å². The Kier molecular flexibility index (Phi) is 7.23. The van der Waals surface area contributed by atoms with Gasteiger partial charge in [0, 0.05) is 39.0 Å². The number of rotatable bonds is 7. The van der Waals surface area contributed by atoms with Crippen molar-refractivity contribution in [1.29, 1.82) is 0 Å². The van der Waals surface area contributed by atoms with Crippen LogP contribution in [-0.2, 0) is 11.8 Å². The van der Waals surface area contributed by atoms with Gasteiger partial charge in [-0.2, -0.15) is 0 Å². The number of halogens is 1. The molecule has 0 aliphatic rings. The van der Waals surface area contributed by atoms with Gasteiger partial charge in [0.2, 0.25) is 5.91 Å². The number of thioether (sulfide) groups is 1. The number of carbonyl (C=O) groups excluding carboxylic acids is 1. The van der Waals surface area contributed by atoms with E-state index in [1.807, 2.05) is 102 Å². The molecule has 7 nitrogen and oxygen atoms in total. The molecule has 0 radical (unpaired) electrons. The standard InChI is InChI=1S/C29H21BrN6OS2/c1-36-27(22-15-24(18-7-3-2-4-8-18)31-23-10-6-5-9-21(22)23)34-35-29(36)39-17-26(37)33-28-32-25(16-38-28)19-11-13-20(30)14-12-19/h2-16H,17H2,1H3,(H,32,33,37). The molecular weight excluding hydrogens is 592 g/mol. The first-order chi connectivity index (χ1) is 19.0. The Hall–Kier alpha value is -3.86. The van der Waals surface area contributed by atoms with Crippen LogP contribution in [-0.4, -0.2) is 36.4 Å². The van der Waals surface area contributed by atoms with Crippen LogP contribution >= 0.6 is 39.0 Å². The SMILES string of the molecule is Cn1c(SCC(=O)Nc2nc(-c3ccc(Br)cc3)cs2)nnc1-c1cc(-c2ccccc2)nc2ccccc12. The number of fused-ring (bicyclic) bond motifs is 1. The fourth-order valence-electron chi connectivity index (χ4n) is 4.16. The van der Waals surface area contributed by atoms with Gasteiger partial charge >= 0.3 is 0 Å². The van der Waals surface area contributed by atoms with Crippen molar-refractivity contribution < 1.29 is 4.79 Å². The summed E-state index contributed by atoms with van der Waals surface area (Å²) >= 11 is 6.18. The second kappa shape index (κ2) is 11.1. The molecule has 0 spiro atoms. The number of nitrogens with zero attached hydrogens (tertiary/aromatic N) is 5. The average Bonchev–Trinajstić information content (AvgIpc) is 3.58. The van der Waals surface area contributed by atoms with E-state index in [1.165, 1.54) is 23.1 Å². The van der Waals surface area contributed by atoms with Crippen molar-refractivity contribution in [3.63, 3.8) is 0 Å². The van der Waals surface area contributed by atoms with Crippen LogP contribution in [0.2, 0.25) is 0 Å². The van der Waals surface area contributed by atoms with Crippen LogP contribution in [0.5, 0.6) is 0 Å². The van der Waals surface area contributed by atoms with E-state index in [-0.39, 0.29) is 11.7 Å². The number of benzene rings is 3. The molecule has 0 aliphatic heterocycles. The van der Waals surface area contributed by atoms with E-state index in [0.29, 0.717) is 16.1 Å². The Morgan fingerprint density at radius 1 is 0.923 bits per heavy atom. The number of para-hydroxylation sites is 1. The highest BCUT2D eigenvalue weighted by Crippen LogP contribution is 2.32. The third kappa shape index (κ3) is 5.49. The van der Waals surface area contributed by atoms with Crippen LogP contribution in [0.4, 0.5) is 5.13 Å². The summed E-state index contributed by atoms with van der Waals surface area (Å²) in [7, 11) is 1.91. The lowest BCUT2D eigenvalue weighted by Gasteiger charge is -2.10. The predicted octanol–water partition coefficient (Wildman–Crippen LogP) is 7.31. The number of hydrogen-bond donors (Lipinski definition) is 1. The number of pyridine rings is 1. The molecule has 0 bridgehead atoms. The van der Waals surface area contributed by atoms with Gasteiger partial charge in [-0.3, -0.25) is 4.79 Å². The molecular formula is C29H21BrN6OS2. The Labute approximate surface area is 241 Å². The van der Waals surface area contributed by atoms with Crippen LogP contribution in [0, 0.1) is 0 Å². The van der Waals surface area contributed by atoms with Crippen LogP contribution in [0.1, 0.15) is 0 Å². The maximum absolute atomic E-state index is 12.7. The highest BCUT2D eigenvalue weighted by atomic mass is 79.9. The molecule has 3 aromatic heterocycles. The fraction of sp³-hybridized carbons (Fsp3) is 0.0690. The van der Waals surface area contributed by atoms with E-state index in [9.17, 15) is 4.79 Å². The average molecular weight is 614 g/mol. The van der Waals surface area contributed by atoms with Gasteiger partial charge in [0.05, 0.1) is 22.7 Å². The van der Waals surface area contributed by atoms with Crippen molar-refractivity contribution in [1.82, 2.24) is 24.7 Å². The fourth-order valence-corrected chi connectivity index (χ4v) is 5.87. The lowest BCUT2D eigenvalue weighted by Crippen LogP contribution is -2.14. The number of thiazole rings is 1. The number of aromatic nitrogens is 5. The summed E-state index contributed by atoms with van der Waals surface area (Å²) in [6.45, 7) is 0. The predicted molar refractivity (Wildman–Crippen MR) is 162 cm³/mol. The molecule has 0 saturated heterocycles. The van der Waals surface area contributed by atoms with Gasteiger partial charge in [-0.15, -0.1) is 21.5 Å². The zero-order valence-electron chi connectivity index (χ0n) is 20.7. The minimum atomic E-state index is -0.151. The summed E-state index contributed by atoms with van der Waals surface area (Å²) in [4.78, 5) is 22.1. The van der Waals surface area contributed by atoms with E-state index >= 15 is 0 Å². The van der Waals surface area contributed by atoms with Gasteiger partial charge in [-0.1, -0.05) is 88.4 Å². The zero-order valence-corrected chi connectivity index (χ0v) is 23.9. The quantitative estimate of drug-likeness (QED) is 0.190. The molecule has 192 valence electrons. The number of amides is 1. The first kappa shape index (κ1) is 25.4. The van der Waals surface area contributed by atoms with E-state index < -0.39 is 0 Å². The number of carbonyl (C=O) groups is 1. The Bertz CT molecular complexity index is 1780. The van der Waals surface area contributed by atoms with Crippen molar-refractivity contribution in [2.75, 3.05) is 11.1 Å². The molecule has 1 N–H and O–H groups in total. The first-order valence-electron chi connectivity index (χ1n) is 12.0. The van der Waals surface area contributed by atoms with Crippen LogP contribution in [0.25, 0.3) is 44.8 Å². The Balaban J connectivity index is 1.19. The molecule has 0 aliphatic carbocycles. The van der Waals surface area contributed by atoms with Crippen molar-refractivity contribution in [2.45, 2.75) is 5.16 Å². The molecule has 10 heteroatoms. The van der Waals surface area contributed by atoms with Crippen LogP contribution in [0.3, 0.4) is 0 Å². The third-order valence-electron chi connectivity index (χ3n) is 6.08. The summed E-state index contributed by atoms with van der Waals surface area (Å²) < 4.78 is 2.93. The lowest BCUT2D eigenvalue weighted by molar-refractivity contribution is -0.113. The van der Waals surface area contributed by atoms with E-state index in [1.54, 1.807) is 0 Å². The smallest absolute Gasteiger partial charge is 0.236 e. The number of hydrogen-bond acceptors (Lipinski definition) is 7. The molecule has 6 aromatic rings. The zero-order chi connectivity index (χ0) is 26.8. The van der Waals surface area contributed by atoms with Crippen LogP contribution < -0.4 is 5.32 Å². The number of anilines is 1. The normalized spacial score (nSPS) is 11.1. The molecule has 0 atom stereocenters. The molecule has 3 heterocycles. The highest BCUT2D eigenvalue weighted by molar-refractivity contribution is 9.10. The van der Waals surface area contributed by atoms with Crippen molar-refractivity contribution in [2.24, 2.45) is 7.05 Å². The summed E-state index contributed by atoms with van der Waals surface area (Å²) in [5.74, 6) is 0.751. The van der Waals surface area contributed by atoms with Gasteiger partial charge < -0.3 is 9.88 Å². The van der Waals surface area contributed by atoms with Gasteiger partial charge in [0.1, 0.15) is 0 Å². The van der Waals surface area contributed by atoms with E-state index in [2.05, 4.69) is 36.4 Å². The van der Waals surface area contributed by atoms with Crippen molar-refractivity contribution >= 4 is 61.0 Å². The van der Waals surface area contributed by atoms with Gasteiger partial charge in [0.25, 0.3) is 0 Å². The maximum Gasteiger partial charge on any atom is 0.236 e. The first-order valence-corrected chi connectivity index (χ1v) is 14.7. The molecule has 3 aromatic carbocycles. The molecule has 39 heavy (non-hydrogen) atoms. The summed E-state index contributed by atoms with van der Waals surface area (Å²) in [6.07, 6.45) is 0. The van der Waals surface area contributed by atoms with Crippen molar-refractivity contribution in [3.8, 4) is 33.9 Å². The largest absolute Gasteiger partial charge is 0.305 e. The second-order valence-electron chi connectivity index (χ2n) is 8.69. The Morgan fingerprint density at radius 3 is 2.49 bits per heavy atom. The molecule has 0 saturated carbocycles. The van der Waals surface area contributed by atoms with Gasteiger partial charge in [-0.25, -0.2) is 9.97 Å². The summed E-state index contributed by atoms with van der Waals surface area (Å²) in [6, 6.07) is 28.1.